The summed E-state index contributed by atoms with van der Waals surface area (Å²) in [4.78, 5) is 22.4. The van der Waals surface area contributed by atoms with Gasteiger partial charge in [0.2, 0.25) is 0 Å². The van der Waals surface area contributed by atoms with Gasteiger partial charge in [0.05, 0.1) is 13.1 Å². The molecule has 0 aromatic heterocycles. The van der Waals surface area contributed by atoms with Crippen molar-refractivity contribution in [3.05, 3.63) is 11.5 Å². The maximum atomic E-state index is 10.8. The Morgan fingerprint density at radius 3 is 2.54 bits per heavy atom. The molecular weight excluding hydrogens is 346 g/mol. The molecule has 136 valence electrons. The molecule has 1 N–H and O–H groups in total. The summed E-state index contributed by atoms with van der Waals surface area (Å²) in [5, 5.41) is 12.7. The number of carboxylic acids is 1. The standard InChI is InChI=1S/C9H15NO2.C8H12O2S2/c1-7(11)12-9-6-10-4-2-8(9)3-5-10;9-8(10)4-2-1-3-7-5-6-11-12-7/h8-9H,2-6H2,1H3;5-7H,1-4H2,(H,9,10)/t;7-/m.1/s1. The van der Waals surface area contributed by atoms with Crippen LogP contribution in [0.3, 0.4) is 0 Å². The first-order chi connectivity index (χ1) is 11.5. The average molecular weight is 374 g/mol. The molecule has 0 aromatic carbocycles. The topological polar surface area (TPSA) is 70.9 Å². The summed E-state index contributed by atoms with van der Waals surface area (Å²) in [5.41, 5.74) is 0. The molecule has 4 rings (SSSR count). The van der Waals surface area contributed by atoms with Crippen LogP contribution in [0.4, 0.5) is 0 Å². The third-order valence-corrected chi connectivity index (χ3v) is 7.15. The van der Waals surface area contributed by atoms with Crippen molar-refractivity contribution in [2.75, 3.05) is 19.6 Å². The Bertz CT molecular complexity index is 450. The average Bonchev–Trinajstić information content (AvgIpc) is 3.06. The fraction of sp³-hybridized carbons (Fsp3) is 0.765. The minimum Gasteiger partial charge on any atom is -0.550 e. The first kappa shape index (κ1) is 19.7. The Morgan fingerprint density at radius 1 is 1.29 bits per heavy atom. The van der Waals surface area contributed by atoms with E-state index < -0.39 is 5.97 Å². The quantitative estimate of drug-likeness (QED) is 0.422. The minimum absolute atomic E-state index is 0.117. The number of carboxylic acid groups (broad SMARTS) is 1. The summed E-state index contributed by atoms with van der Waals surface area (Å²) in [6, 6.07) is 0. The predicted octanol–water partition coefficient (Wildman–Crippen LogP) is 0.801. The summed E-state index contributed by atoms with van der Waals surface area (Å²) in [6.45, 7) is 5.11. The second-order valence-electron chi connectivity index (χ2n) is 6.62. The fourth-order valence-corrected chi connectivity index (χ4v) is 5.70. The lowest BCUT2D eigenvalue weighted by Crippen LogP contribution is -3.16. The molecule has 7 heteroatoms. The van der Waals surface area contributed by atoms with Crippen LogP contribution in [0.1, 0.15) is 45.4 Å². The molecule has 3 saturated heterocycles. The normalized spacial score (nSPS) is 30.5. The van der Waals surface area contributed by atoms with Crippen molar-refractivity contribution in [1.29, 1.82) is 0 Å². The lowest BCUT2D eigenvalue weighted by atomic mass is 9.86. The smallest absolute Gasteiger partial charge is 0.303 e. The summed E-state index contributed by atoms with van der Waals surface area (Å²) in [6.07, 6.45) is 7.90. The van der Waals surface area contributed by atoms with Gasteiger partial charge in [0.25, 0.3) is 0 Å². The highest BCUT2D eigenvalue weighted by atomic mass is 33.1. The van der Waals surface area contributed by atoms with Crippen molar-refractivity contribution in [2.45, 2.75) is 56.8 Å². The van der Waals surface area contributed by atoms with Crippen LogP contribution in [0, 0.1) is 5.92 Å². The number of hydrogen-bond acceptors (Lipinski definition) is 6. The molecule has 1 unspecified atom stereocenters. The Hall–Kier alpha value is -0.660. The molecule has 0 spiro atoms. The van der Waals surface area contributed by atoms with Gasteiger partial charge in [-0.15, -0.1) is 0 Å². The Labute approximate surface area is 152 Å². The monoisotopic (exact) mass is 373 g/mol. The van der Waals surface area contributed by atoms with E-state index in [1.165, 1.54) is 32.9 Å². The molecule has 4 aliphatic rings. The van der Waals surface area contributed by atoms with E-state index in [-0.39, 0.29) is 18.5 Å². The number of carbonyl (C=O) groups is 2. The maximum absolute atomic E-state index is 10.8. The number of nitrogens with one attached hydrogen (secondary N) is 1. The molecule has 3 fully saturated rings. The van der Waals surface area contributed by atoms with Crippen molar-refractivity contribution >= 4 is 33.5 Å². The highest BCUT2D eigenvalue weighted by Crippen LogP contribution is 2.37. The van der Waals surface area contributed by atoms with Gasteiger partial charge in [-0.3, -0.25) is 4.79 Å². The SMILES string of the molecule is CC(=O)OC1C[NH+]2CCC1CC2.O=C([O-])CCCC[C@@H]1C=CSS1. The van der Waals surface area contributed by atoms with Crippen LogP contribution in [-0.4, -0.2) is 42.9 Å². The predicted molar refractivity (Wildman–Crippen MR) is 95.4 cm³/mol. The van der Waals surface area contributed by atoms with Gasteiger partial charge in [-0.05, 0) is 24.7 Å². The fourth-order valence-electron chi connectivity index (χ4n) is 3.44. The largest absolute Gasteiger partial charge is 0.550 e. The van der Waals surface area contributed by atoms with Gasteiger partial charge in [-0.2, -0.15) is 0 Å². The number of ether oxygens (including phenoxy) is 1. The Balaban J connectivity index is 0.000000174. The van der Waals surface area contributed by atoms with Crippen molar-refractivity contribution in [3.63, 3.8) is 0 Å². The van der Waals surface area contributed by atoms with E-state index in [4.69, 9.17) is 4.74 Å². The molecule has 0 radical (unpaired) electrons. The summed E-state index contributed by atoms with van der Waals surface area (Å²) >= 11 is 0. The molecule has 0 aromatic rings. The minimum atomic E-state index is -0.931. The number of esters is 1. The second kappa shape index (κ2) is 10.4. The van der Waals surface area contributed by atoms with Gasteiger partial charge in [0.1, 0.15) is 6.54 Å². The van der Waals surface area contributed by atoms with E-state index in [2.05, 4.69) is 11.5 Å². The highest BCUT2D eigenvalue weighted by Gasteiger charge is 2.39. The number of unbranched alkanes of at least 4 members (excludes halogenated alkanes) is 1. The maximum Gasteiger partial charge on any atom is 0.303 e. The molecular formula is C17H27NO4S2. The van der Waals surface area contributed by atoms with Gasteiger partial charge in [0.15, 0.2) is 6.10 Å². The summed E-state index contributed by atoms with van der Waals surface area (Å²) in [7, 11) is 3.60. The zero-order valence-electron chi connectivity index (χ0n) is 14.2. The third-order valence-electron chi connectivity index (χ3n) is 4.72. The molecule has 0 amide bonds. The zero-order valence-corrected chi connectivity index (χ0v) is 15.8. The van der Waals surface area contributed by atoms with E-state index in [0.29, 0.717) is 11.2 Å². The van der Waals surface area contributed by atoms with Crippen LogP contribution in [0.5, 0.6) is 0 Å². The van der Waals surface area contributed by atoms with Gasteiger partial charge < -0.3 is 19.5 Å². The Morgan fingerprint density at radius 2 is 2.04 bits per heavy atom. The molecule has 5 nitrogen and oxygen atoms in total. The number of carbonyl (C=O) groups excluding carboxylic acids is 2. The van der Waals surface area contributed by atoms with Crippen LogP contribution in [-0.2, 0) is 14.3 Å². The van der Waals surface area contributed by atoms with E-state index >= 15 is 0 Å². The van der Waals surface area contributed by atoms with Crippen molar-refractivity contribution < 1.29 is 24.3 Å². The van der Waals surface area contributed by atoms with Gasteiger partial charge in [-0.25, -0.2) is 0 Å². The van der Waals surface area contributed by atoms with Crippen LogP contribution in [0.25, 0.3) is 0 Å². The second-order valence-corrected chi connectivity index (χ2v) is 9.03. The first-order valence-corrected chi connectivity index (χ1v) is 11.0. The van der Waals surface area contributed by atoms with Crippen molar-refractivity contribution in [1.82, 2.24) is 0 Å². The van der Waals surface area contributed by atoms with E-state index in [0.717, 1.165) is 25.8 Å². The van der Waals surface area contributed by atoms with Gasteiger partial charge >= 0.3 is 5.97 Å². The molecule has 4 heterocycles. The Kier molecular flexibility index (Phi) is 8.49. The van der Waals surface area contributed by atoms with E-state index in [9.17, 15) is 14.7 Å². The molecule has 0 aliphatic carbocycles. The van der Waals surface area contributed by atoms with Crippen molar-refractivity contribution in [2.24, 2.45) is 5.92 Å². The van der Waals surface area contributed by atoms with Crippen LogP contribution in [0.2, 0.25) is 0 Å². The van der Waals surface area contributed by atoms with Gasteiger partial charge in [0, 0.05) is 36.9 Å². The molecule has 2 atom stereocenters. The van der Waals surface area contributed by atoms with Gasteiger partial charge in [-0.1, -0.05) is 34.1 Å². The number of aliphatic carboxylic acids is 1. The molecule has 2 bridgehead atoms. The van der Waals surface area contributed by atoms with E-state index in [1.54, 1.807) is 15.7 Å². The number of rotatable bonds is 6. The first-order valence-electron chi connectivity index (χ1n) is 8.74. The van der Waals surface area contributed by atoms with E-state index in [1.807, 2.05) is 10.8 Å². The zero-order chi connectivity index (χ0) is 17.4. The molecule has 4 aliphatic heterocycles. The highest BCUT2D eigenvalue weighted by molar-refractivity contribution is 8.78. The number of hydrogen-bond donors (Lipinski definition) is 1. The molecule has 0 saturated carbocycles. The lowest BCUT2D eigenvalue weighted by Gasteiger charge is -2.40. The number of fused-ring (bicyclic) bond motifs is 3. The lowest BCUT2D eigenvalue weighted by molar-refractivity contribution is -0.920. The summed E-state index contributed by atoms with van der Waals surface area (Å²) < 4.78 is 5.27. The van der Waals surface area contributed by atoms with Crippen molar-refractivity contribution in [3.8, 4) is 0 Å². The molecule has 24 heavy (non-hydrogen) atoms. The third kappa shape index (κ3) is 7.07. The van der Waals surface area contributed by atoms with Crippen LogP contribution >= 0.6 is 21.6 Å². The van der Waals surface area contributed by atoms with Crippen LogP contribution < -0.4 is 10.0 Å². The number of piperidine rings is 3. The van der Waals surface area contributed by atoms with Crippen LogP contribution in [0.15, 0.2) is 11.5 Å². The summed E-state index contributed by atoms with van der Waals surface area (Å²) in [5.74, 6) is -0.390. The number of quaternary nitrogens is 1.